The second-order valence-corrected chi connectivity index (χ2v) is 14.0. The number of hydrogen-bond acceptors (Lipinski definition) is 2. The van der Waals surface area contributed by atoms with E-state index in [1.54, 1.807) is 0 Å². The lowest BCUT2D eigenvalue weighted by molar-refractivity contribution is 1.18. The Hall–Kier alpha value is -6.42. The molecule has 0 bridgehead atoms. The van der Waals surface area contributed by atoms with Gasteiger partial charge in [-0.2, -0.15) is 0 Å². The number of benzene rings is 8. The van der Waals surface area contributed by atoms with E-state index in [0.717, 1.165) is 22.7 Å². The van der Waals surface area contributed by atoms with E-state index in [2.05, 4.69) is 204 Å². The van der Waals surface area contributed by atoms with E-state index >= 15 is 0 Å². The van der Waals surface area contributed by atoms with Gasteiger partial charge in [-0.1, -0.05) is 121 Å². The van der Waals surface area contributed by atoms with Gasteiger partial charge in [0.15, 0.2) is 0 Å². The summed E-state index contributed by atoms with van der Waals surface area (Å²) in [6.45, 7) is 0. The van der Waals surface area contributed by atoms with E-state index in [0.29, 0.717) is 0 Å². The van der Waals surface area contributed by atoms with Crippen LogP contribution in [0.25, 0.3) is 69.9 Å². The Morgan fingerprint density at radius 2 is 0.941 bits per heavy atom. The first-order chi connectivity index (χ1) is 25.3. The summed E-state index contributed by atoms with van der Waals surface area (Å²) in [5.41, 5.74) is 11.8. The number of rotatable bonds is 6. The van der Waals surface area contributed by atoms with Crippen molar-refractivity contribution in [2.45, 2.75) is 0 Å². The highest BCUT2D eigenvalue weighted by Crippen LogP contribution is 2.43. The zero-order valence-electron chi connectivity index (χ0n) is 27.8. The van der Waals surface area contributed by atoms with Crippen LogP contribution in [-0.2, 0) is 0 Å². The minimum Gasteiger partial charge on any atom is -0.310 e. The van der Waals surface area contributed by atoms with Crippen molar-refractivity contribution < 1.29 is 0 Å². The van der Waals surface area contributed by atoms with E-state index in [9.17, 15) is 0 Å². The van der Waals surface area contributed by atoms with Gasteiger partial charge in [0.1, 0.15) is 0 Å². The SMILES string of the molecule is c1ccc(-c2ccc(N(c3ccc(-c4cccc5sc6ccccc6c45)cc3)c3ccc4c(c3)c3ccccc3n4-c3ccccc3)cc2)cc1. The van der Waals surface area contributed by atoms with Gasteiger partial charge in [-0.25, -0.2) is 0 Å². The highest BCUT2D eigenvalue weighted by atomic mass is 32.1. The largest absolute Gasteiger partial charge is 0.310 e. The van der Waals surface area contributed by atoms with E-state index in [1.807, 2.05) is 11.3 Å². The highest BCUT2D eigenvalue weighted by Gasteiger charge is 2.18. The monoisotopic (exact) mass is 668 g/mol. The van der Waals surface area contributed by atoms with Crippen molar-refractivity contribution in [1.82, 2.24) is 4.57 Å². The van der Waals surface area contributed by atoms with Gasteiger partial charge in [0.05, 0.1) is 11.0 Å². The number of hydrogen-bond donors (Lipinski definition) is 0. The van der Waals surface area contributed by atoms with Crippen molar-refractivity contribution in [2.24, 2.45) is 0 Å². The van der Waals surface area contributed by atoms with Crippen LogP contribution in [0.3, 0.4) is 0 Å². The second kappa shape index (κ2) is 12.2. The molecule has 3 heteroatoms. The molecule has 2 aromatic heterocycles. The van der Waals surface area contributed by atoms with Crippen LogP contribution in [0.4, 0.5) is 17.1 Å². The zero-order valence-corrected chi connectivity index (χ0v) is 28.6. The summed E-state index contributed by atoms with van der Waals surface area (Å²) in [7, 11) is 0. The molecule has 8 aromatic carbocycles. The Bertz CT molecular complexity index is 2830. The van der Waals surface area contributed by atoms with Crippen LogP contribution < -0.4 is 4.90 Å². The lowest BCUT2D eigenvalue weighted by atomic mass is 9.99. The molecule has 0 fully saturated rings. The fourth-order valence-electron chi connectivity index (χ4n) is 7.64. The Morgan fingerprint density at radius 3 is 1.71 bits per heavy atom. The first-order valence-corrected chi connectivity index (χ1v) is 18.2. The van der Waals surface area contributed by atoms with Crippen LogP contribution in [0.2, 0.25) is 0 Å². The molecule has 0 atom stereocenters. The summed E-state index contributed by atoms with van der Waals surface area (Å²) in [5.74, 6) is 0. The molecule has 0 aliphatic rings. The molecule has 2 heterocycles. The molecule has 0 radical (unpaired) electrons. The molecule has 0 saturated heterocycles. The quantitative estimate of drug-likeness (QED) is 0.171. The van der Waals surface area contributed by atoms with Crippen molar-refractivity contribution >= 4 is 70.4 Å². The molecule has 0 N–H and O–H groups in total. The number of anilines is 3. The lowest BCUT2D eigenvalue weighted by Gasteiger charge is -2.26. The predicted octanol–water partition coefficient (Wildman–Crippen LogP) is 14.0. The fourth-order valence-corrected chi connectivity index (χ4v) is 8.77. The first kappa shape index (κ1) is 29.5. The van der Waals surface area contributed by atoms with Gasteiger partial charge in [0.2, 0.25) is 0 Å². The Labute approximate surface area is 300 Å². The minimum atomic E-state index is 1.11. The molecule has 10 aromatic rings. The summed E-state index contributed by atoms with van der Waals surface area (Å²) >= 11 is 1.86. The molecule has 0 aliphatic carbocycles. The topological polar surface area (TPSA) is 8.17 Å². The summed E-state index contributed by atoms with van der Waals surface area (Å²) < 4.78 is 5.02. The van der Waals surface area contributed by atoms with Crippen molar-refractivity contribution in [3.05, 3.63) is 194 Å². The van der Waals surface area contributed by atoms with Crippen molar-refractivity contribution in [3.8, 4) is 27.9 Å². The Balaban J connectivity index is 1.13. The molecular formula is C48H32N2S. The third kappa shape index (κ3) is 5.01. The summed E-state index contributed by atoms with van der Waals surface area (Å²) in [6, 6.07) is 70.3. The molecule has 0 saturated carbocycles. The van der Waals surface area contributed by atoms with Gasteiger partial charge in [0, 0.05) is 53.7 Å². The van der Waals surface area contributed by atoms with Crippen molar-refractivity contribution in [1.29, 1.82) is 0 Å². The van der Waals surface area contributed by atoms with Gasteiger partial charge >= 0.3 is 0 Å². The number of fused-ring (bicyclic) bond motifs is 6. The van der Waals surface area contributed by atoms with E-state index in [-0.39, 0.29) is 0 Å². The molecule has 0 amide bonds. The van der Waals surface area contributed by atoms with Crippen LogP contribution in [0.5, 0.6) is 0 Å². The van der Waals surface area contributed by atoms with Gasteiger partial charge in [-0.3, -0.25) is 0 Å². The number of thiophene rings is 1. The number of nitrogens with zero attached hydrogens (tertiary/aromatic N) is 2. The number of aromatic nitrogens is 1. The van der Waals surface area contributed by atoms with Gasteiger partial charge in [0.25, 0.3) is 0 Å². The maximum Gasteiger partial charge on any atom is 0.0542 e. The molecule has 0 spiro atoms. The standard InChI is InChI=1S/C48H32N2S/c1-3-12-33(13-4-1)34-22-26-37(27-23-34)49(38-28-24-35(25-29-38)40-18-11-21-47-48(40)42-17-8-10-20-46(42)51-47)39-30-31-45-43(32-39)41-16-7-9-19-44(41)50(45)36-14-5-2-6-15-36/h1-32H. The average molecular weight is 669 g/mol. The highest BCUT2D eigenvalue weighted by molar-refractivity contribution is 7.25. The zero-order chi connectivity index (χ0) is 33.7. The Kier molecular flexibility index (Phi) is 7.04. The molecule has 2 nitrogen and oxygen atoms in total. The predicted molar refractivity (Wildman–Crippen MR) is 219 cm³/mol. The summed E-state index contributed by atoms with van der Waals surface area (Å²) in [5, 5.41) is 5.12. The van der Waals surface area contributed by atoms with Gasteiger partial charge in [-0.15, -0.1) is 11.3 Å². The molecule has 0 unspecified atom stereocenters. The maximum atomic E-state index is 2.38. The van der Waals surface area contributed by atoms with Crippen LogP contribution >= 0.6 is 11.3 Å². The van der Waals surface area contributed by atoms with E-state index in [4.69, 9.17) is 0 Å². The summed E-state index contributed by atoms with van der Waals surface area (Å²) in [4.78, 5) is 2.38. The average Bonchev–Trinajstić information content (AvgIpc) is 3.75. The smallest absolute Gasteiger partial charge is 0.0542 e. The maximum absolute atomic E-state index is 2.38. The number of para-hydroxylation sites is 2. The first-order valence-electron chi connectivity index (χ1n) is 17.4. The molecule has 0 aliphatic heterocycles. The summed E-state index contributed by atoms with van der Waals surface area (Å²) in [6.07, 6.45) is 0. The molecule has 240 valence electrons. The van der Waals surface area contributed by atoms with E-state index in [1.165, 1.54) is 64.2 Å². The normalized spacial score (nSPS) is 11.5. The Morgan fingerprint density at radius 1 is 0.373 bits per heavy atom. The van der Waals surface area contributed by atoms with Crippen LogP contribution in [-0.4, -0.2) is 4.57 Å². The van der Waals surface area contributed by atoms with Crippen molar-refractivity contribution in [3.63, 3.8) is 0 Å². The van der Waals surface area contributed by atoms with Crippen LogP contribution in [0.15, 0.2) is 194 Å². The third-order valence-electron chi connectivity index (χ3n) is 10.0. The second-order valence-electron chi connectivity index (χ2n) is 13.0. The molecular weight excluding hydrogens is 637 g/mol. The molecule has 51 heavy (non-hydrogen) atoms. The van der Waals surface area contributed by atoms with Crippen LogP contribution in [0, 0.1) is 0 Å². The van der Waals surface area contributed by atoms with Gasteiger partial charge in [-0.05, 0) is 95.1 Å². The molecule has 10 rings (SSSR count). The third-order valence-corrected chi connectivity index (χ3v) is 11.1. The van der Waals surface area contributed by atoms with Crippen LogP contribution in [0.1, 0.15) is 0 Å². The van der Waals surface area contributed by atoms with E-state index < -0.39 is 0 Å². The lowest BCUT2D eigenvalue weighted by Crippen LogP contribution is -2.10. The minimum absolute atomic E-state index is 1.11. The fraction of sp³-hybridized carbons (Fsp3) is 0. The van der Waals surface area contributed by atoms with Crippen molar-refractivity contribution in [2.75, 3.05) is 4.90 Å². The van der Waals surface area contributed by atoms with Gasteiger partial charge < -0.3 is 9.47 Å².